The first-order valence-electron chi connectivity index (χ1n) is 15.6. The number of nitrogens with one attached hydrogen (secondary N) is 1. The van der Waals surface area contributed by atoms with E-state index in [1.165, 1.54) is 0 Å². The van der Waals surface area contributed by atoms with Crippen LogP contribution in [0.2, 0.25) is 0 Å². The van der Waals surface area contributed by atoms with Gasteiger partial charge in [0, 0.05) is 45.9 Å². The molecule has 3 rings (SSSR count). The van der Waals surface area contributed by atoms with Gasteiger partial charge in [-0.05, 0) is 88.8 Å². The molecule has 2 atom stereocenters. The van der Waals surface area contributed by atoms with Gasteiger partial charge in [-0.15, -0.1) is 0 Å². The number of nitrogens with zero attached hydrogens (tertiary/aromatic N) is 2. The summed E-state index contributed by atoms with van der Waals surface area (Å²) >= 11 is 0. The highest BCUT2D eigenvalue weighted by molar-refractivity contribution is 5.84. The highest BCUT2D eigenvalue weighted by atomic mass is 16.6. The molecule has 1 aliphatic carbocycles. The molecule has 0 aromatic heterocycles. The van der Waals surface area contributed by atoms with Crippen LogP contribution < -0.4 is 10.1 Å². The monoisotopic (exact) mass is 587 g/mol. The number of ether oxygens (including phenoxy) is 3. The molecule has 2 fully saturated rings. The van der Waals surface area contributed by atoms with Crippen LogP contribution in [0, 0.1) is 17.8 Å². The molecule has 0 radical (unpaired) electrons. The lowest BCUT2D eigenvalue weighted by molar-refractivity contribution is -0.140. The lowest BCUT2D eigenvalue weighted by Gasteiger charge is -2.39. The second-order valence-electron chi connectivity index (χ2n) is 13.3. The van der Waals surface area contributed by atoms with Gasteiger partial charge >= 0.3 is 6.09 Å². The summed E-state index contributed by atoms with van der Waals surface area (Å²) in [5.74, 6) is 0.288. The second kappa shape index (κ2) is 15.6. The minimum absolute atomic E-state index is 0.00296. The molecule has 42 heavy (non-hydrogen) atoms. The summed E-state index contributed by atoms with van der Waals surface area (Å²) in [6, 6.07) is 6.34. The normalized spacial score (nSPS) is 19.0. The molecule has 9 nitrogen and oxygen atoms in total. The Morgan fingerprint density at radius 2 is 1.79 bits per heavy atom. The maximum atomic E-state index is 14.1. The molecule has 1 N–H and O–H groups in total. The lowest BCUT2D eigenvalue weighted by Crippen LogP contribution is -2.53. The molecule has 1 heterocycles. The van der Waals surface area contributed by atoms with E-state index in [2.05, 4.69) is 25.2 Å². The summed E-state index contributed by atoms with van der Waals surface area (Å²) < 4.78 is 16.5. The topological polar surface area (TPSA) is 97.4 Å². The van der Waals surface area contributed by atoms with Crippen molar-refractivity contribution in [2.45, 2.75) is 97.8 Å². The summed E-state index contributed by atoms with van der Waals surface area (Å²) in [6.45, 7) is 12.0. The lowest BCUT2D eigenvalue weighted by atomic mass is 9.87. The smallest absolute Gasteiger partial charge is 0.410 e. The summed E-state index contributed by atoms with van der Waals surface area (Å²) in [4.78, 5) is 44.0. The third kappa shape index (κ3) is 10.5. The Kier molecular flexibility index (Phi) is 12.5. The fourth-order valence-electron chi connectivity index (χ4n) is 5.46. The van der Waals surface area contributed by atoms with Crippen LogP contribution in [0.1, 0.15) is 84.3 Å². The number of rotatable bonds is 14. The number of benzene rings is 1. The molecule has 0 bridgehead atoms. The van der Waals surface area contributed by atoms with E-state index in [0.29, 0.717) is 25.4 Å². The molecule has 1 aromatic rings. The number of hydrogen-bond donors (Lipinski definition) is 1. The van der Waals surface area contributed by atoms with E-state index in [1.807, 2.05) is 37.8 Å². The van der Waals surface area contributed by atoms with E-state index in [0.717, 1.165) is 62.0 Å². The van der Waals surface area contributed by atoms with Gasteiger partial charge in [-0.25, -0.2) is 4.79 Å². The van der Waals surface area contributed by atoms with Crippen LogP contribution in [-0.4, -0.2) is 79.8 Å². The fraction of sp³-hybridized carbons (Fsp3) is 0.727. The van der Waals surface area contributed by atoms with Crippen molar-refractivity contribution in [3.05, 3.63) is 29.3 Å². The molecule has 0 unspecified atom stereocenters. The van der Waals surface area contributed by atoms with Crippen LogP contribution in [0.15, 0.2) is 18.2 Å². The van der Waals surface area contributed by atoms with Crippen molar-refractivity contribution in [1.29, 1.82) is 0 Å². The minimum Gasteiger partial charge on any atom is -0.496 e. The van der Waals surface area contributed by atoms with Crippen molar-refractivity contribution in [1.82, 2.24) is 15.1 Å². The summed E-state index contributed by atoms with van der Waals surface area (Å²) in [6.07, 6.45) is 5.58. The highest BCUT2D eigenvalue weighted by Gasteiger charge is 2.42. The molecule has 1 aliphatic heterocycles. The van der Waals surface area contributed by atoms with Gasteiger partial charge in [-0.1, -0.05) is 26.0 Å². The first kappa shape index (κ1) is 33.7. The number of carbonyl (C=O) groups excluding carboxylic acids is 3. The fourth-order valence-corrected chi connectivity index (χ4v) is 5.46. The number of methoxy groups -OCH3 is 2. The van der Waals surface area contributed by atoms with Crippen molar-refractivity contribution in [3.8, 4) is 5.75 Å². The number of unbranched alkanes of at least 4 members (excludes halogenated alkanes) is 1. The maximum Gasteiger partial charge on any atom is 0.410 e. The van der Waals surface area contributed by atoms with Gasteiger partial charge in [-0.2, -0.15) is 0 Å². The molecular formula is C33H53N3O6. The zero-order valence-electron chi connectivity index (χ0n) is 26.9. The summed E-state index contributed by atoms with van der Waals surface area (Å²) in [5, 5.41) is 3.03. The zero-order chi connectivity index (χ0) is 30.9. The van der Waals surface area contributed by atoms with Gasteiger partial charge in [0.1, 0.15) is 11.4 Å². The predicted octanol–water partition coefficient (Wildman–Crippen LogP) is 5.19. The van der Waals surface area contributed by atoms with Crippen LogP contribution in [0.5, 0.6) is 5.75 Å². The third-order valence-electron chi connectivity index (χ3n) is 7.86. The molecule has 0 spiro atoms. The number of likely N-dealkylation sites (tertiary alicyclic amines) is 1. The molecule has 9 heteroatoms. The Morgan fingerprint density at radius 1 is 1.07 bits per heavy atom. The SMILES string of the molecule is COCCCCc1cc(CN(C(=O)[C@H]2C[C@H](C(=O)NCCC(C)C)CN(C(=O)OC(C)(C)C)C2)C2CC2)ccc1OC. The number of hydrogen-bond acceptors (Lipinski definition) is 6. The summed E-state index contributed by atoms with van der Waals surface area (Å²) in [5.41, 5.74) is 1.51. The Morgan fingerprint density at radius 3 is 2.40 bits per heavy atom. The van der Waals surface area contributed by atoms with Gasteiger partial charge in [-0.3, -0.25) is 9.59 Å². The van der Waals surface area contributed by atoms with Gasteiger partial charge < -0.3 is 29.3 Å². The Hall–Kier alpha value is -2.81. The van der Waals surface area contributed by atoms with Crippen LogP contribution in [0.4, 0.5) is 4.79 Å². The number of amides is 3. The average molecular weight is 588 g/mol. The largest absolute Gasteiger partial charge is 0.496 e. The summed E-state index contributed by atoms with van der Waals surface area (Å²) in [7, 11) is 3.40. The van der Waals surface area contributed by atoms with Gasteiger partial charge in [0.15, 0.2) is 0 Å². The van der Waals surface area contributed by atoms with Gasteiger partial charge in [0.25, 0.3) is 0 Å². The van der Waals surface area contributed by atoms with E-state index >= 15 is 0 Å². The molecule has 2 aliphatic rings. The molecular weight excluding hydrogens is 534 g/mol. The first-order valence-corrected chi connectivity index (χ1v) is 15.6. The Bertz CT molecular complexity index is 1050. The van der Waals surface area contributed by atoms with Crippen LogP contribution in [0.3, 0.4) is 0 Å². The number of piperidine rings is 1. The molecule has 1 saturated carbocycles. The van der Waals surface area contributed by atoms with Crippen molar-refractivity contribution in [2.75, 3.05) is 40.5 Å². The van der Waals surface area contributed by atoms with E-state index in [-0.39, 0.29) is 30.9 Å². The van der Waals surface area contributed by atoms with E-state index in [1.54, 1.807) is 19.1 Å². The molecule has 236 valence electrons. The number of aryl methyl sites for hydroxylation is 1. The maximum absolute atomic E-state index is 14.1. The molecule has 1 saturated heterocycles. The van der Waals surface area contributed by atoms with Crippen LogP contribution in [0.25, 0.3) is 0 Å². The molecule has 3 amide bonds. The Balaban J connectivity index is 1.78. The van der Waals surface area contributed by atoms with Gasteiger partial charge in [0.2, 0.25) is 11.8 Å². The molecule has 1 aromatic carbocycles. The van der Waals surface area contributed by atoms with Crippen LogP contribution in [-0.2, 0) is 32.0 Å². The average Bonchev–Trinajstić information content (AvgIpc) is 3.78. The predicted molar refractivity (Wildman–Crippen MR) is 163 cm³/mol. The van der Waals surface area contributed by atoms with E-state index < -0.39 is 23.5 Å². The number of carbonyl (C=O) groups is 3. The van der Waals surface area contributed by atoms with Gasteiger partial charge in [0.05, 0.1) is 18.9 Å². The first-order chi connectivity index (χ1) is 19.9. The van der Waals surface area contributed by atoms with Crippen molar-refractivity contribution < 1.29 is 28.6 Å². The minimum atomic E-state index is -0.668. The van der Waals surface area contributed by atoms with Crippen molar-refractivity contribution >= 4 is 17.9 Å². The van der Waals surface area contributed by atoms with E-state index in [4.69, 9.17) is 14.2 Å². The quantitative estimate of drug-likeness (QED) is 0.301. The zero-order valence-corrected chi connectivity index (χ0v) is 26.9. The van der Waals surface area contributed by atoms with Crippen molar-refractivity contribution in [3.63, 3.8) is 0 Å². The standard InChI is InChI=1S/C33H53N3O6/c1-23(2)15-16-34-30(37)26-19-27(22-35(21-26)32(39)42-33(3,4)5)31(38)36(28-12-13-28)20-24-11-14-29(41-7)25(18-24)10-8-9-17-40-6/h11,14,18,23,26-28H,8-10,12-13,15-17,19-22H2,1-7H3,(H,34,37)/t26-,27-/m0/s1. The van der Waals surface area contributed by atoms with Crippen LogP contribution >= 0.6 is 0 Å². The van der Waals surface area contributed by atoms with E-state index in [9.17, 15) is 14.4 Å². The second-order valence-corrected chi connectivity index (χ2v) is 13.3. The highest BCUT2D eigenvalue weighted by Crippen LogP contribution is 2.34. The van der Waals surface area contributed by atoms with Crippen molar-refractivity contribution in [2.24, 2.45) is 17.8 Å². The third-order valence-corrected chi connectivity index (χ3v) is 7.86. The Labute approximate surface area is 252 Å².